The van der Waals surface area contributed by atoms with Crippen LogP contribution in [0, 0.1) is 5.82 Å². The van der Waals surface area contributed by atoms with Gasteiger partial charge in [0.1, 0.15) is 17.9 Å². The Labute approximate surface area is 167 Å². The lowest BCUT2D eigenvalue weighted by Crippen LogP contribution is -2.45. The first-order chi connectivity index (χ1) is 13.8. The number of aliphatic hydroxyl groups excluding tert-OH is 1. The molecule has 1 fully saturated rings. The Morgan fingerprint density at radius 3 is 2.52 bits per heavy atom. The largest absolute Gasteiger partial charge is 0.487 e. The summed E-state index contributed by atoms with van der Waals surface area (Å²) in [4.78, 5) is 28.1. The predicted molar refractivity (Wildman–Crippen MR) is 108 cm³/mol. The van der Waals surface area contributed by atoms with Crippen LogP contribution in [0.15, 0.2) is 17.1 Å². The summed E-state index contributed by atoms with van der Waals surface area (Å²) < 4.78 is 22.6. The van der Waals surface area contributed by atoms with Crippen LogP contribution in [0.25, 0.3) is 10.9 Å². The number of aromatic carboxylic acids is 1. The molecule has 0 amide bonds. The zero-order chi connectivity index (χ0) is 21.3. The maximum Gasteiger partial charge on any atom is 0.341 e. The topological polar surface area (TPSA) is 95.2 Å². The van der Waals surface area contributed by atoms with Gasteiger partial charge in [-0.15, -0.1) is 0 Å². The normalized spacial score (nSPS) is 18.8. The summed E-state index contributed by atoms with van der Waals surface area (Å²) in [7, 11) is 2.02. The molecule has 1 atom stereocenters. The molecule has 2 aromatic rings. The highest BCUT2D eigenvalue weighted by atomic mass is 19.1. The number of hydrogen-bond donors (Lipinski definition) is 2. The van der Waals surface area contributed by atoms with E-state index in [1.54, 1.807) is 11.5 Å². The number of ether oxygens (including phenoxy) is 1. The van der Waals surface area contributed by atoms with E-state index in [9.17, 15) is 19.1 Å². The molecule has 1 aromatic carbocycles. The number of piperazine rings is 1. The van der Waals surface area contributed by atoms with E-state index >= 15 is 0 Å². The van der Waals surface area contributed by atoms with E-state index in [1.165, 1.54) is 6.20 Å². The molecule has 0 unspecified atom stereocenters. The smallest absolute Gasteiger partial charge is 0.341 e. The molecule has 158 valence electrons. The molecule has 2 N–H and O–H groups in total. The Morgan fingerprint density at radius 1 is 1.31 bits per heavy atom. The van der Waals surface area contributed by atoms with E-state index in [0.29, 0.717) is 30.0 Å². The van der Waals surface area contributed by atoms with Crippen molar-refractivity contribution in [1.29, 1.82) is 0 Å². The third kappa shape index (κ3) is 3.79. The van der Waals surface area contributed by atoms with Crippen molar-refractivity contribution in [1.82, 2.24) is 9.47 Å². The first-order valence-electron chi connectivity index (χ1n) is 9.61. The van der Waals surface area contributed by atoms with Crippen LogP contribution >= 0.6 is 0 Å². The Kier molecular flexibility index (Phi) is 6.09. The highest BCUT2D eigenvalue weighted by Gasteiger charge is 2.30. The fraction of sp³-hybridized carbons (Fsp3) is 0.500. The summed E-state index contributed by atoms with van der Waals surface area (Å²) in [6, 6.07) is 0.994. The van der Waals surface area contributed by atoms with Gasteiger partial charge in [-0.05, 0) is 27.0 Å². The molecule has 0 aliphatic carbocycles. The van der Waals surface area contributed by atoms with Crippen LogP contribution in [-0.2, 0) is 0 Å². The molecular formula is C20H26FN3O5. The molecule has 0 bridgehead atoms. The number of aliphatic hydroxyl groups is 1. The van der Waals surface area contributed by atoms with Crippen LogP contribution in [0.1, 0.15) is 30.2 Å². The van der Waals surface area contributed by atoms with Crippen molar-refractivity contribution in [3.8, 4) is 5.75 Å². The van der Waals surface area contributed by atoms with Gasteiger partial charge >= 0.3 is 5.97 Å². The van der Waals surface area contributed by atoms with Gasteiger partial charge in [0.05, 0.1) is 16.9 Å². The van der Waals surface area contributed by atoms with E-state index in [0.717, 1.165) is 19.2 Å². The van der Waals surface area contributed by atoms with Crippen molar-refractivity contribution in [2.75, 3.05) is 51.3 Å². The molecule has 0 spiro atoms. The number of aromatic nitrogens is 1. The van der Waals surface area contributed by atoms with Crippen LogP contribution in [-0.4, -0.2) is 72.1 Å². The van der Waals surface area contributed by atoms with E-state index in [2.05, 4.69) is 4.90 Å². The number of hydrogen-bond acceptors (Lipinski definition) is 6. The van der Waals surface area contributed by atoms with Crippen molar-refractivity contribution in [2.45, 2.75) is 19.9 Å². The minimum Gasteiger partial charge on any atom is -0.487 e. The number of nitrogens with zero attached hydrogens (tertiary/aromatic N) is 3. The lowest BCUT2D eigenvalue weighted by Gasteiger charge is -2.37. The number of halogens is 1. The molecule has 1 aromatic heterocycles. The molecule has 0 saturated carbocycles. The van der Waals surface area contributed by atoms with E-state index in [1.807, 2.05) is 18.9 Å². The molecule has 2 aliphatic heterocycles. The van der Waals surface area contributed by atoms with Crippen LogP contribution in [0.2, 0.25) is 0 Å². The number of rotatable bonds is 2. The van der Waals surface area contributed by atoms with E-state index in [4.69, 9.17) is 9.84 Å². The fourth-order valence-electron chi connectivity index (χ4n) is 3.69. The lowest BCUT2D eigenvalue weighted by atomic mass is 10.1. The highest BCUT2D eigenvalue weighted by Crippen LogP contribution is 2.42. The van der Waals surface area contributed by atoms with Crippen molar-refractivity contribution >= 4 is 22.6 Å². The molecule has 29 heavy (non-hydrogen) atoms. The van der Waals surface area contributed by atoms with Crippen molar-refractivity contribution in [2.24, 2.45) is 0 Å². The summed E-state index contributed by atoms with van der Waals surface area (Å²) in [5.41, 5.74) is -0.224. The Balaban J connectivity index is 0.000000755. The van der Waals surface area contributed by atoms with Gasteiger partial charge in [0.15, 0.2) is 11.6 Å². The Bertz CT molecular complexity index is 982. The minimum absolute atomic E-state index is 0.0434. The molecular weight excluding hydrogens is 381 g/mol. The Morgan fingerprint density at radius 2 is 1.93 bits per heavy atom. The van der Waals surface area contributed by atoms with Crippen LogP contribution < -0.4 is 15.1 Å². The minimum atomic E-state index is -1.32. The number of anilines is 1. The van der Waals surface area contributed by atoms with Gasteiger partial charge < -0.3 is 29.3 Å². The molecule has 3 heterocycles. The molecule has 0 radical (unpaired) electrons. The van der Waals surface area contributed by atoms with Crippen LogP contribution in [0.5, 0.6) is 5.75 Å². The molecule has 2 aliphatic rings. The lowest BCUT2D eigenvalue weighted by molar-refractivity contribution is 0.0694. The zero-order valence-corrected chi connectivity index (χ0v) is 16.8. The highest BCUT2D eigenvalue weighted by molar-refractivity contribution is 5.97. The van der Waals surface area contributed by atoms with Crippen LogP contribution in [0.4, 0.5) is 10.1 Å². The second kappa shape index (κ2) is 8.38. The molecule has 1 saturated heterocycles. The third-order valence-corrected chi connectivity index (χ3v) is 5.19. The quantitative estimate of drug-likeness (QED) is 0.780. The van der Waals surface area contributed by atoms with Gasteiger partial charge in [-0.1, -0.05) is 0 Å². The van der Waals surface area contributed by atoms with Gasteiger partial charge in [0.25, 0.3) is 0 Å². The van der Waals surface area contributed by atoms with Crippen molar-refractivity contribution in [3.63, 3.8) is 0 Å². The summed E-state index contributed by atoms with van der Waals surface area (Å²) in [6.07, 6.45) is 1.34. The average Bonchev–Trinajstić information content (AvgIpc) is 2.67. The van der Waals surface area contributed by atoms with Crippen molar-refractivity contribution < 1.29 is 24.1 Å². The number of pyridine rings is 1. The number of carboxylic acid groups (broad SMARTS) is 1. The number of benzene rings is 1. The Hall–Kier alpha value is -2.65. The monoisotopic (exact) mass is 407 g/mol. The van der Waals surface area contributed by atoms with Gasteiger partial charge in [0.2, 0.25) is 5.43 Å². The second-order valence-corrected chi connectivity index (χ2v) is 7.28. The summed E-state index contributed by atoms with van der Waals surface area (Å²) in [5, 5.41) is 16.9. The summed E-state index contributed by atoms with van der Waals surface area (Å²) in [6.45, 7) is 7.01. The summed E-state index contributed by atoms with van der Waals surface area (Å²) in [5.74, 6) is -1.54. The molecule has 4 rings (SSSR count). The van der Waals surface area contributed by atoms with E-state index in [-0.39, 0.29) is 30.2 Å². The first-order valence-corrected chi connectivity index (χ1v) is 9.61. The third-order valence-electron chi connectivity index (χ3n) is 5.19. The van der Waals surface area contributed by atoms with Gasteiger partial charge in [-0.3, -0.25) is 4.79 Å². The second-order valence-electron chi connectivity index (χ2n) is 7.28. The number of carboxylic acids is 1. The van der Waals surface area contributed by atoms with Gasteiger partial charge in [-0.2, -0.15) is 0 Å². The SMILES string of the molecule is CCO.C[C@H]1COc2c(N3CCN(C)CC3)c(F)cc3c(=O)c(C(=O)O)cn1c23. The number of likely N-dealkylation sites (N-methyl/N-ethyl adjacent to an activating group) is 1. The molecule has 8 nitrogen and oxygen atoms in total. The maximum absolute atomic E-state index is 15.0. The average molecular weight is 407 g/mol. The maximum atomic E-state index is 15.0. The fourth-order valence-corrected chi connectivity index (χ4v) is 3.69. The molecule has 9 heteroatoms. The standard InChI is InChI=1S/C18H20FN3O4.C2H6O/c1-10-9-26-17-14-11(16(23)12(18(24)25)8-22(10)14)7-13(19)15(17)21-5-3-20(2)4-6-21;1-2-3/h7-8,10H,3-6,9H2,1-2H3,(H,24,25);3H,2H2,1H3/t10-;/m0./s1. The van der Waals surface area contributed by atoms with Gasteiger partial charge in [0, 0.05) is 39.0 Å². The zero-order valence-electron chi connectivity index (χ0n) is 16.8. The van der Waals surface area contributed by atoms with E-state index < -0.39 is 17.2 Å². The van der Waals surface area contributed by atoms with Gasteiger partial charge in [-0.25, -0.2) is 9.18 Å². The van der Waals surface area contributed by atoms with Crippen LogP contribution in [0.3, 0.4) is 0 Å². The number of carbonyl (C=O) groups is 1. The summed E-state index contributed by atoms with van der Waals surface area (Å²) >= 11 is 0. The first kappa shape index (κ1) is 21.1. The van der Waals surface area contributed by atoms with Crippen molar-refractivity contribution in [3.05, 3.63) is 33.9 Å². The predicted octanol–water partition coefficient (Wildman–Crippen LogP) is 1.54.